The summed E-state index contributed by atoms with van der Waals surface area (Å²) in [5.74, 6) is 0.806. The average molecular weight is 547 g/mol. The first kappa shape index (κ1) is 26.3. The highest BCUT2D eigenvalue weighted by molar-refractivity contribution is 14.0. The molecular formula is C24H39FIN3O2. The second-order valence-corrected chi connectivity index (χ2v) is 8.65. The first-order valence-electron chi connectivity index (χ1n) is 11.5. The molecule has 5 nitrogen and oxygen atoms in total. The van der Waals surface area contributed by atoms with Crippen molar-refractivity contribution in [3.63, 3.8) is 0 Å². The summed E-state index contributed by atoms with van der Waals surface area (Å²) in [4.78, 5) is 6.90. The molecule has 0 atom stereocenters. The Kier molecular flexibility index (Phi) is 11.5. The van der Waals surface area contributed by atoms with E-state index in [4.69, 9.17) is 9.47 Å². The van der Waals surface area contributed by atoms with E-state index in [1.165, 1.54) is 24.8 Å². The van der Waals surface area contributed by atoms with Gasteiger partial charge in [0.1, 0.15) is 5.82 Å². The van der Waals surface area contributed by atoms with Crippen molar-refractivity contribution in [1.29, 1.82) is 0 Å². The fraction of sp³-hybridized carbons (Fsp3) is 0.708. The van der Waals surface area contributed by atoms with Gasteiger partial charge in [0.25, 0.3) is 0 Å². The molecule has 31 heavy (non-hydrogen) atoms. The van der Waals surface area contributed by atoms with Gasteiger partial charge in [-0.1, -0.05) is 31.4 Å². The van der Waals surface area contributed by atoms with Crippen LogP contribution in [0, 0.1) is 5.82 Å². The number of guanidine groups is 1. The van der Waals surface area contributed by atoms with Crippen molar-refractivity contribution >= 4 is 29.9 Å². The van der Waals surface area contributed by atoms with Gasteiger partial charge in [-0.15, -0.1) is 24.0 Å². The van der Waals surface area contributed by atoms with Gasteiger partial charge < -0.3 is 19.7 Å². The van der Waals surface area contributed by atoms with Gasteiger partial charge in [-0.05, 0) is 49.8 Å². The molecule has 1 aliphatic carbocycles. The number of likely N-dealkylation sites (tertiary alicyclic amines) is 1. The highest BCUT2D eigenvalue weighted by Gasteiger charge is 2.34. The van der Waals surface area contributed by atoms with E-state index in [-0.39, 0.29) is 35.2 Å². The van der Waals surface area contributed by atoms with Gasteiger partial charge in [0.15, 0.2) is 5.96 Å². The minimum atomic E-state index is -0.166. The summed E-state index contributed by atoms with van der Waals surface area (Å²) in [5.41, 5.74) is 1.31. The van der Waals surface area contributed by atoms with E-state index in [2.05, 4.69) is 15.2 Å². The molecule has 1 N–H and O–H groups in total. The second kappa shape index (κ2) is 13.6. The molecular weight excluding hydrogens is 508 g/mol. The van der Waals surface area contributed by atoms with E-state index in [0.717, 1.165) is 70.9 Å². The molecule has 7 heteroatoms. The van der Waals surface area contributed by atoms with Gasteiger partial charge in [-0.2, -0.15) is 0 Å². The summed E-state index contributed by atoms with van der Waals surface area (Å²) in [5, 5.41) is 3.66. The Bertz CT molecular complexity index is 657. The van der Waals surface area contributed by atoms with Crippen LogP contribution in [0.4, 0.5) is 4.39 Å². The number of hydrogen-bond donors (Lipinski definition) is 1. The lowest BCUT2D eigenvalue weighted by Gasteiger charge is -2.40. The molecule has 1 aromatic rings. The minimum absolute atomic E-state index is 0. The van der Waals surface area contributed by atoms with Crippen molar-refractivity contribution in [2.24, 2.45) is 4.99 Å². The number of benzene rings is 1. The molecule has 2 fully saturated rings. The standard InChI is InChI=1S/C24H38FN3O2.HI/c1-26-23(28-15-11-22(12-16-28)30-18-6-17-29-2)27-19-24(13-4-3-5-14-24)20-7-9-21(25)10-8-20;/h7-10,22H,3-6,11-19H2,1-2H3,(H,26,27);1H. The van der Waals surface area contributed by atoms with Gasteiger partial charge in [-0.25, -0.2) is 4.39 Å². The Morgan fingerprint density at radius 3 is 2.42 bits per heavy atom. The Balaban J connectivity index is 0.00000341. The van der Waals surface area contributed by atoms with Crippen molar-refractivity contribution in [3.8, 4) is 0 Å². The van der Waals surface area contributed by atoms with Crippen molar-refractivity contribution in [3.05, 3.63) is 35.6 Å². The van der Waals surface area contributed by atoms with Crippen LogP contribution in [0.1, 0.15) is 56.9 Å². The second-order valence-electron chi connectivity index (χ2n) is 8.65. The summed E-state index contributed by atoms with van der Waals surface area (Å²) >= 11 is 0. The van der Waals surface area contributed by atoms with Gasteiger partial charge in [-0.3, -0.25) is 4.99 Å². The summed E-state index contributed by atoms with van der Waals surface area (Å²) in [6, 6.07) is 7.13. The number of halogens is 2. The van der Waals surface area contributed by atoms with Gasteiger partial charge in [0.2, 0.25) is 0 Å². The third-order valence-electron chi connectivity index (χ3n) is 6.65. The fourth-order valence-corrected chi connectivity index (χ4v) is 4.87. The molecule has 0 bridgehead atoms. The molecule has 1 heterocycles. The van der Waals surface area contributed by atoms with Crippen LogP contribution in [0.3, 0.4) is 0 Å². The number of methoxy groups -OCH3 is 1. The topological polar surface area (TPSA) is 46.1 Å². The highest BCUT2D eigenvalue weighted by atomic mass is 127. The molecule has 1 aliphatic heterocycles. The normalized spacial score (nSPS) is 19.7. The minimum Gasteiger partial charge on any atom is -0.385 e. The lowest BCUT2D eigenvalue weighted by atomic mass is 9.69. The van der Waals surface area contributed by atoms with Crippen LogP contribution >= 0.6 is 24.0 Å². The van der Waals surface area contributed by atoms with E-state index in [9.17, 15) is 4.39 Å². The van der Waals surface area contributed by atoms with E-state index >= 15 is 0 Å². The zero-order valence-electron chi connectivity index (χ0n) is 19.1. The molecule has 0 amide bonds. The number of nitrogens with zero attached hydrogens (tertiary/aromatic N) is 2. The first-order valence-corrected chi connectivity index (χ1v) is 11.5. The quantitative estimate of drug-likeness (QED) is 0.221. The average Bonchev–Trinajstić information content (AvgIpc) is 2.79. The third kappa shape index (κ3) is 7.56. The lowest BCUT2D eigenvalue weighted by molar-refractivity contribution is 0.00985. The van der Waals surface area contributed by atoms with E-state index in [0.29, 0.717) is 6.10 Å². The van der Waals surface area contributed by atoms with E-state index < -0.39 is 0 Å². The lowest BCUT2D eigenvalue weighted by Crippen LogP contribution is -2.51. The molecule has 1 saturated heterocycles. The van der Waals surface area contributed by atoms with E-state index in [1.54, 1.807) is 19.2 Å². The summed E-state index contributed by atoms with van der Waals surface area (Å²) < 4.78 is 24.6. The largest absolute Gasteiger partial charge is 0.385 e. The summed E-state index contributed by atoms with van der Waals surface area (Å²) in [6.07, 6.45) is 9.35. The number of hydrogen-bond acceptors (Lipinski definition) is 3. The van der Waals surface area contributed by atoms with Crippen LogP contribution in [-0.4, -0.2) is 64.0 Å². The van der Waals surface area contributed by atoms with Crippen LogP contribution in [0.15, 0.2) is 29.3 Å². The summed E-state index contributed by atoms with van der Waals surface area (Å²) in [6.45, 7) is 4.28. The molecule has 2 aliphatic rings. The van der Waals surface area contributed by atoms with Crippen LogP contribution in [-0.2, 0) is 14.9 Å². The van der Waals surface area contributed by atoms with Crippen LogP contribution in [0.25, 0.3) is 0 Å². The molecule has 0 unspecified atom stereocenters. The monoisotopic (exact) mass is 547 g/mol. The molecule has 0 radical (unpaired) electrons. The molecule has 0 aromatic heterocycles. The number of piperidine rings is 1. The fourth-order valence-electron chi connectivity index (χ4n) is 4.87. The predicted octanol–water partition coefficient (Wildman–Crippen LogP) is 4.74. The van der Waals surface area contributed by atoms with Crippen LogP contribution in [0.2, 0.25) is 0 Å². The molecule has 1 aromatic carbocycles. The number of aliphatic imine (C=N–C) groups is 1. The zero-order valence-corrected chi connectivity index (χ0v) is 21.4. The van der Waals surface area contributed by atoms with Gasteiger partial charge >= 0.3 is 0 Å². The molecule has 0 spiro atoms. The Hall–Kier alpha value is -0.930. The maximum atomic E-state index is 13.5. The maximum absolute atomic E-state index is 13.5. The molecule has 3 rings (SSSR count). The molecule has 176 valence electrons. The Morgan fingerprint density at radius 1 is 1.13 bits per heavy atom. The number of ether oxygens (including phenoxy) is 2. The first-order chi connectivity index (χ1) is 14.7. The van der Waals surface area contributed by atoms with Gasteiger partial charge in [0, 0.05) is 52.4 Å². The smallest absolute Gasteiger partial charge is 0.193 e. The van der Waals surface area contributed by atoms with Gasteiger partial charge in [0.05, 0.1) is 6.10 Å². The SMILES string of the molecule is CN=C(NCC1(c2ccc(F)cc2)CCCCC1)N1CCC(OCCCOC)CC1.I. The van der Waals surface area contributed by atoms with E-state index in [1.807, 2.05) is 19.2 Å². The van der Waals surface area contributed by atoms with Crippen LogP contribution in [0.5, 0.6) is 0 Å². The van der Waals surface area contributed by atoms with Crippen molar-refractivity contribution in [2.75, 3.05) is 47.0 Å². The summed E-state index contributed by atoms with van der Waals surface area (Å²) in [7, 11) is 3.59. The maximum Gasteiger partial charge on any atom is 0.193 e. The Labute approximate surface area is 204 Å². The Morgan fingerprint density at radius 2 is 1.81 bits per heavy atom. The van der Waals surface area contributed by atoms with Crippen LogP contribution < -0.4 is 5.32 Å². The van der Waals surface area contributed by atoms with Crippen molar-refractivity contribution in [1.82, 2.24) is 10.2 Å². The number of rotatable bonds is 8. The number of nitrogens with one attached hydrogen (secondary N) is 1. The predicted molar refractivity (Wildman–Crippen MR) is 135 cm³/mol. The highest BCUT2D eigenvalue weighted by Crippen LogP contribution is 2.39. The van der Waals surface area contributed by atoms with Crippen molar-refractivity contribution < 1.29 is 13.9 Å². The zero-order chi connectivity index (χ0) is 21.2. The third-order valence-corrected chi connectivity index (χ3v) is 6.65. The van der Waals surface area contributed by atoms with Crippen molar-refractivity contribution in [2.45, 2.75) is 62.9 Å². The molecule has 1 saturated carbocycles.